The third kappa shape index (κ3) is 2.51. The molecule has 4 heteroatoms. The SMILES string of the molecule is Cc1ccc(C(=O)NC2(CBr)CCC2)c(F)c1. The van der Waals surface area contributed by atoms with Gasteiger partial charge in [-0.25, -0.2) is 4.39 Å². The largest absolute Gasteiger partial charge is 0.346 e. The average molecular weight is 300 g/mol. The highest BCUT2D eigenvalue weighted by Gasteiger charge is 2.37. The quantitative estimate of drug-likeness (QED) is 0.854. The van der Waals surface area contributed by atoms with Crippen LogP contribution < -0.4 is 5.32 Å². The fourth-order valence-corrected chi connectivity index (χ4v) is 2.71. The van der Waals surface area contributed by atoms with Crippen LogP contribution in [0.3, 0.4) is 0 Å². The fourth-order valence-electron chi connectivity index (χ4n) is 2.01. The lowest BCUT2D eigenvalue weighted by atomic mass is 9.78. The molecule has 0 radical (unpaired) electrons. The second-order valence-corrected chi connectivity index (χ2v) is 5.27. The van der Waals surface area contributed by atoms with Crippen LogP contribution in [0.2, 0.25) is 0 Å². The van der Waals surface area contributed by atoms with Crippen LogP contribution in [-0.4, -0.2) is 16.8 Å². The molecule has 1 amide bonds. The van der Waals surface area contributed by atoms with E-state index in [9.17, 15) is 9.18 Å². The Morgan fingerprint density at radius 3 is 2.71 bits per heavy atom. The highest BCUT2D eigenvalue weighted by molar-refractivity contribution is 9.09. The standard InChI is InChI=1S/C13H15BrFNO/c1-9-3-4-10(11(15)7-9)12(17)16-13(8-14)5-2-6-13/h3-4,7H,2,5-6,8H2,1H3,(H,16,17). The van der Waals surface area contributed by atoms with Crippen molar-refractivity contribution in [1.82, 2.24) is 5.32 Å². The molecule has 1 aromatic rings. The molecule has 1 aliphatic carbocycles. The van der Waals surface area contributed by atoms with Gasteiger partial charge in [0, 0.05) is 5.33 Å². The van der Waals surface area contributed by atoms with E-state index in [1.54, 1.807) is 19.1 Å². The summed E-state index contributed by atoms with van der Waals surface area (Å²) in [5.41, 5.74) is 0.773. The van der Waals surface area contributed by atoms with Crippen LogP contribution in [0.1, 0.15) is 35.2 Å². The zero-order chi connectivity index (χ0) is 12.5. The van der Waals surface area contributed by atoms with Crippen molar-refractivity contribution in [2.45, 2.75) is 31.7 Å². The molecule has 17 heavy (non-hydrogen) atoms. The summed E-state index contributed by atoms with van der Waals surface area (Å²) in [5, 5.41) is 3.65. The first-order valence-corrected chi connectivity index (χ1v) is 6.83. The van der Waals surface area contributed by atoms with E-state index in [1.165, 1.54) is 6.07 Å². The van der Waals surface area contributed by atoms with E-state index in [1.807, 2.05) is 0 Å². The third-order valence-electron chi connectivity index (χ3n) is 3.31. The van der Waals surface area contributed by atoms with Gasteiger partial charge in [-0.15, -0.1) is 0 Å². The van der Waals surface area contributed by atoms with Gasteiger partial charge >= 0.3 is 0 Å². The number of carbonyl (C=O) groups is 1. The molecule has 1 saturated carbocycles. The van der Waals surface area contributed by atoms with Crippen molar-refractivity contribution in [3.8, 4) is 0 Å². The number of carbonyl (C=O) groups excluding carboxylic acids is 1. The number of halogens is 2. The number of benzene rings is 1. The van der Waals surface area contributed by atoms with Gasteiger partial charge in [0.15, 0.2) is 0 Å². The Labute approximate surface area is 109 Å². The Morgan fingerprint density at radius 2 is 2.24 bits per heavy atom. The first-order chi connectivity index (χ1) is 8.06. The molecule has 0 unspecified atom stereocenters. The lowest BCUT2D eigenvalue weighted by Gasteiger charge is -2.41. The predicted octanol–water partition coefficient (Wildman–Crippen LogP) is 3.18. The Balaban J connectivity index is 2.14. The van der Waals surface area contributed by atoms with Gasteiger partial charge in [-0.2, -0.15) is 0 Å². The maximum atomic E-state index is 13.6. The van der Waals surface area contributed by atoms with Crippen LogP contribution in [0.25, 0.3) is 0 Å². The summed E-state index contributed by atoms with van der Waals surface area (Å²) in [6.45, 7) is 1.80. The van der Waals surface area contributed by atoms with E-state index in [0.29, 0.717) is 0 Å². The van der Waals surface area contributed by atoms with Crippen molar-refractivity contribution < 1.29 is 9.18 Å². The summed E-state index contributed by atoms with van der Waals surface area (Å²) in [6, 6.07) is 4.68. The van der Waals surface area contributed by atoms with Gasteiger partial charge in [0.1, 0.15) is 5.82 Å². The topological polar surface area (TPSA) is 29.1 Å². The summed E-state index contributed by atoms with van der Waals surface area (Å²) < 4.78 is 13.6. The molecule has 1 aromatic carbocycles. The molecule has 0 aromatic heterocycles. The molecular formula is C13H15BrFNO. The molecule has 0 aliphatic heterocycles. The Morgan fingerprint density at radius 1 is 1.53 bits per heavy atom. The molecular weight excluding hydrogens is 285 g/mol. The van der Waals surface area contributed by atoms with Crippen LogP contribution in [-0.2, 0) is 0 Å². The second kappa shape index (κ2) is 4.77. The van der Waals surface area contributed by atoms with Gasteiger partial charge < -0.3 is 5.32 Å². The molecule has 1 fully saturated rings. The van der Waals surface area contributed by atoms with Crippen molar-refractivity contribution in [1.29, 1.82) is 0 Å². The van der Waals surface area contributed by atoms with Gasteiger partial charge in [-0.3, -0.25) is 4.79 Å². The van der Waals surface area contributed by atoms with E-state index < -0.39 is 5.82 Å². The minimum absolute atomic E-state index is 0.128. The minimum atomic E-state index is -0.452. The van der Waals surface area contributed by atoms with E-state index >= 15 is 0 Å². The molecule has 0 saturated heterocycles. The molecule has 1 N–H and O–H groups in total. The number of amides is 1. The third-order valence-corrected chi connectivity index (χ3v) is 4.39. The van der Waals surface area contributed by atoms with Crippen molar-refractivity contribution >= 4 is 21.8 Å². The van der Waals surface area contributed by atoms with Crippen LogP contribution in [0.15, 0.2) is 18.2 Å². The fraction of sp³-hybridized carbons (Fsp3) is 0.462. The summed E-state index contributed by atoms with van der Waals surface area (Å²) >= 11 is 3.41. The molecule has 0 spiro atoms. The Bertz CT molecular complexity index is 438. The van der Waals surface area contributed by atoms with E-state index in [2.05, 4.69) is 21.2 Å². The van der Waals surface area contributed by atoms with Crippen LogP contribution in [0.4, 0.5) is 4.39 Å². The van der Waals surface area contributed by atoms with Gasteiger partial charge in [0.05, 0.1) is 11.1 Å². The molecule has 1 aliphatic rings. The first-order valence-electron chi connectivity index (χ1n) is 5.71. The van der Waals surface area contributed by atoms with E-state index in [0.717, 1.165) is 30.2 Å². The lowest BCUT2D eigenvalue weighted by molar-refractivity contribution is 0.0852. The number of nitrogens with one attached hydrogen (secondary N) is 1. The maximum Gasteiger partial charge on any atom is 0.254 e. The Kier molecular flexibility index (Phi) is 3.52. The van der Waals surface area contributed by atoms with Crippen LogP contribution in [0, 0.1) is 12.7 Å². The average Bonchev–Trinajstić information content (AvgIpc) is 2.23. The number of hydrogen-bond acceptors (Lipinski definition) is 1. The minimum Gasteiger partial charge on any atom is -0.346 e. The van der Waals surface area contributed by atoms with Gasteiger partial charge in [-0.05, 0) is 43.9 Å². The Hall–Kier alpha value is -0.900. The number of alkyl halides is 1. The normalized spacial score (nSPS) is 17.4. The van der Waals surface area contributed by atoms with Crippen molar-refractivity contribution in [3.63, 3.8) is 0 Å². The zero-order valence-corrected chi connectivity index (χ0v) is 11.3. The first kappa shape index (κ1) is 12.6. The highest BCUT2D eigenvalue weighted by Crippen LogP contribution is 2.33. The summed E-state index contributed by atoms with van der Waals surface area (Å²) in [4.78, 5) is 12.0. The zero-order valence-electron chi connectivity index (χ0n) is 9.72. The van der Waals surface area contributed by atoms with E-state index in [-0.39, 0.29) is 17.0 Å². The van der Waals surface area contributed by atoms with Crippen LogP contribution in [0.5, 0.6) is 0 Å². The second-order valence-electron chi connectivity index (χ2n) is 4.70. The number of hydrogen-bond donors (Lipinski definition) is 1. The molecule has 92 valence electrons. The molecule has 2 nitrogen and oxygen atoms in total. The van der Waals surface area contributed by atoms with Gasteiger partial charge in [0.25, 0.3) is 5.91 Å². The molecule has 0 atom stereocenters. The number of rotatable bonds is 3. The summed E-state index contributed by atoms with van der Waals surface area (Å²) in [6.07, 6.45) is 3.03. The van der Waals surface area contributed by atoms with Gasteiger partial charge in [0.2, 0.25) is 0 Å². The van der Waals surface area contributed by atoms with Crippen molar-refractivity contribution in [2.24, 2.45) is 0 Å². The van der Waals surface area contributed by atoms with Crippen LogP contribution >= 0.6 is 15.9 Å². The molecule has 2 rings (SSSR count). The highest BCUT2D eigenvalue weighted by atomic mass is 79.9. The molecule has 0 bridgehead atoms. The van der Waals surface area contributed by atoms with Crippen molar-refractivity contribution in [3.05, 3.63) is 35.1 Å². The predicted molar refractivity (Wildman–Crippen MR) is 69.0 cm³/mol. The summed E-state index contributed by atoms with van der Waals surface area (Å²) in [7, 11) is 0. The number of aryl methyl sites for hydroxylation is 1. The smallest absolute Gasteiger partial charge is 0.254 e. The molecule has 0 heterocycles. The van der Waals surface area contributed by atoms with Crippen molar-refractivity contribution in [2.75, 3.05) is 5.33 Å². The lowest BCUT2D eigenvalue weighted by Crippen LogP contribution is -2.55. The monoisotopic (exact) mass is 299 g/mol. The summed E-state index contributed by atoms with van der Waals surface area (Å²) in [5.74, 6) is -0.770. The van der Waals surface area contributed by atoms with E-state index in [4.69, 9.17) is 0 Å². The van der Waals surface area contributed by atoms with Gasteiger partial charge in [-0.1, -0.05) is 22.0 Å². The maximum absolute atomic E-state index is 13.6.